The summed E-state index contributed by atoms with van der Waals surface area (Å²) in [6.07, 6.45) is 0.739. The molecule has 0 N–H and O–H groups in total. The number of hydrogen-bond donors (Lipinski definition) is 0. The van der Waals surface area contributed by atoms with Crippen LogP contribution in [-0.4, -0.2) is 50.9 Å². The van der Waals surface area contributed by atoms with Crippen LogP contribution in [0.4, 0.5) is 4.39 Å². The fraction of sp³-hybridized carbons (Fsp3) is 0.381. The number of rotatable bonds is 5. The highest BCUT2D eigenvalue weighted by molar-refractivity contribution is 8.01. The fourth-order valence-electron chi connectivity index (χ4n) is 4.16. The number of ketones is 1. The van der Waals surface area contributed by atoms with E-state index < -0.39 is 17.4 Å². The maximum absolute atomic E-state index is 13.6. The van der Waals surface area contributed by atoms with Gasteiger partial charge in [0.1, 0.15) is 5.82 Å². The van der Waals surface area contributed by atoms with Crippen LogP contribution in [0.5, 0.6) is 0 Å². The van der Waals surface area contributed by atoms with Gasteiger partial charge in [0.05, 0.1) is 0 Å². The van der Waals surface area contributed by atoms with Crippen molar-refractivity contribution in [1.82, 2.24) is 9.47 Å². The zero-order valence-electron chi connectivity index (χ0n) is 16.2. The second-order valence-corrected chi connectivity index (χ2v) is 8.65. The predicted octanol–water partition coefficient (Wildman–Crippen LogP) is 3.02. The molecule has 0 aliphatic carbocycles. The quantitative estimate of drug-likeness (QED) is 0.554. The molecule has 4 rings (SSSR count). The molecule has 29 heavy (non-hydrogen) atoms. The number of ether oxygens (including phenoxy) is 1. The summed E-state index contributed by atoms with van der Waals surface area (Å²) in [5.41, 5.74) is 2.48. The summed E-state index contributed by atoms with van der Waals surface area (Å²) in [4.78, 5) is 38.0. The lowest BCUT2D eigenvalue weighted by Crippen LogP contribution is -2.46. The van der Waals surface area contributed by atoms with Gasteiger partial charge in [-0.15, -0.1) is 11.8 Å². The number of amides is 1. The minimum Gasteiger partial charge on any atom is -0.455 e. The van der Waals surface area contributed by atoms with Gasteiger partial charge in [0.15, 0.2) is 11.5 Å². The lowest BCUT2D eigenvalue weighted by atomic mass is 10.1. The molecule has 6 nitrogen and oxygen atoms in total. The second-order valence-electron chi connectivity index (χ2n) is 7.28. The van der Waals surface area contributed by atoms with E-state index >= 15 is 0 Å². The number of Topliss-reactive ketones (excluding diaryl/α,β-unsaturated/α-hetero) is 1. The van der Waals surface area contributed by atoms with E-state index in [-0.39, 0.29) is 17.5 Å². The first-order valence-electron chi connectivity index (χ1n) is 9.43. The molecule has 0 bridgehead atoms. The van der Waals surface area contributed by atoms with E-state index in [0.29, 0.717) is 42.1 Å². The van der Waals surface area contributed by atoms with E-state index in [1.165, 1.54) is 23.9 Å². The summed E-state index contributed by atoms with van der Waals surface area (Å²) < 4.78 is 20.7. The summed E-state index contributed by atoms with van der Waals surface area (Å²) >= 11 is 1.41. The smallest absolute Gasteiger partial charge is 0.343 e. The van der Waals surface area contributed by atoms with Crippen LogP contribution in [0.2, 0.25) is 0 Å². The van der Waals surface area contributed by atoms with E-state index in [1.54, 1.807) is 34.6 Å². The van der Waals surface area contributed by atoms with Gasteiger partial charge in [0, 0.05) is 41.4 Å². The molecule has 1 aromatic carbocycles. The summed E-state index contributed by atoms with van der Waals surface area (Å²) in [5.74, 6) is -0.580. The summed E-state index contributed by atoms with van der Waals surface area (Å²) in [5, 5.41) is 0. The van der Waals surface area contributed by atoms with Crippen LogP contribution in [-0.2, 0) is 14.3 Å². The molecule has 3 heterocycles. The van der Waals surface area contributed by atoms with Gasteiger partial charge in [0.25, 0.3) is 0 Å². The Balaban J connectivity index is 1.50. The number of benzene rings is 1. The Morgan fingerprint density at radius 1 is 1.28 bits per heavy atom. The molecule has 0 spiro atoms. The number of nitrogens with zero attached hydrogens (tertiary/aromatic N) is 2. The first kappa shape index (κ1) is 19.7. The monoisotopic (exact) mass is 416 g/mol. The number of hydrogen-bond acceptors (Lipinski definition) is 5. The van der Waals surface area contributed by atoms with Gasteiger partial charge >= 0.3 is 5.97 Å². The molecule has 2 aliphatic rings. The van der Waals surface area contributed by atoms with Crippen molar-refractivity contribution in [3.05, 3.63) is 53.1 Å². The number of esters is 1. The maximum atomic E-state index is 13.6. The number of fused-ring (bicyclic) bond motifs is 1. The van der Waals surface area contributed by atoms with Gasteiger partial charge in [-0.25, -0.2) is 9.18 Å². The Kier molecular flexibility index (Phi) is 4.98. The summed E-state index contributed by atoms with van der Waals surface area (Å²) in [6.45, 7) is 3.74. The van der Waals surface area contributed by atoms with E-state index in [1.807, 2.05) is 6.92 Å². The number of thioether (sulfide) groups is 1. The van der Waals surface area contributed by atoms with Crippen LogP contribution < -0.4 is 0 Å². The van der Waals surface area contributed by atoms with Crippen LogP contribution in [0, 0.1) is 19.7 Å². The van der Waals surface area contributed by atoms with Crippen LogP contribution >= 0.6 is 11.8 Å². The normalized spacial score (nSPS) is 20.8. The highest BCUT2D eigenvalue weighted by atomic mass is 32.2. The third kappa shape index (κ3) is 3.25. The first-order chi connectivity index (χ1) is 13.8. The van der Waals surface area contributed by atoms with Crippen LogP contribution in [0.1, 0.15) is 34.6 Å². The Bertz CT molecular complexity index is 1020. The van der Waals surface area contributed by atoms with Crippen molar-refractivity contribution in [3.63, 3.8) is 0 Å². The molecule has 2 fully saturated rings. The largest absolute Gasteiger partial charge is 0.455 e. The third-order valence-electron chi connectivity index (χ3n) is 5.52. The SMILES string of the molecule is Cc1cc(C(=O)COC(=O)[C@]23CCC(=O)N2CCS3)c(C)n1-c1cccc(F)c1. The van der Waals surface area contributed by atoms with Crippen molar-refractivity contribution < 1.29 is 23.5 Å². The first-order valence-corrected chi connectivity index (χ1v) is 10.4. The third-order valence-corrected chi connectivity index (χ3v) is 6.98. The molecule has 152 valence electrons. The van der Waals surface area contributed by atoms with Gasteiger partial charge < -0.3 is 14.2 Å². The van der Waals surface area contributed by atoms with Gasteiger partial charge in [-0.05, 0) is 44.5 Å². The number of aromatic nitrogens is 1. The van der Waals surface area contributed by atoms with Crippen molar-refractivity contribution in [3.8, 4) is 5.69 Å². The van der Waals surface area contributed by atoms with Crippen molar-refractivity contribution in [2.75, 3.05) is 18.9 Å². The molecule has 1 aromatic heterocycles. The Morgan fingerprint density at radius 2 is 2.07 bits per heavy atom. The topological polar surface area (TPSA) is 68.6 Å². The lowest BCUT2D eigenvalue weighted by molar-refractivity contribution is -0.152. The average Bonchev–Trinajstić information content (AvgIpc) is 3.34. The highest BCUT2D eigenvalue weighted by Crippen LogP contribution is 2.45. The molecule has 1 amide bonds. The molecular formula is C21H21FN2O4S. The second kappa shape index (κ2) is 7.33. The van der Waals surface area contributed by atoms with Gasteiger partial charge in [-0.2, -0.15) is 0 Å². The highest BCUT2D eigenvalue weighted by Gasteiger charge is 2.56. The molecule has 2 aromatic rings. The van der Waals surface area contributed by atoms with E-state index in [9.17, 15) is 18.8 Å². The molecule has 0 saturated carbocycles. The zero-order chi connectivity index (χ0) is 20.8. The summed E-state index contributed by atoms with van der Waals surface area (Å²) in [6, 6.07) is 7.85. The standard InChI is InChI=1S/C21H21FN2O4S/c1-13-10-17(14(2)24(13)16-5-3-4-15(22)11-16)18(25)12-28-20(27)21-7-6-19(26)23(21)8-9-29-21/h3-5,10-11H,6-9,12H2,1-2H3/t21-/m1/s1. The van der Waals surface area contributed by atoms with E-state index in [0.717, 1.165) is 5.69 Å². The average molecular weight is 416 g/mol. The van der Waals surface area contributed by atoms with Crippen molar-refractivity contribution in [1.29, 1.82) is 0 Å². The fourth-order valence-corrected chi connectivity index (χ4v) is 5.54. The number of aryl methyl sites for hydroxylation is 1. The predicted molar refractivity (Wildman–Crippen MR) is 107 cm³/mol. The lowest BCUT2D eigenvalue weighted by Gasteiger charge is -2.28. The summed E-state index contributed by atoms with van der Waals surface area (Å²) in [7, 11) is 0. The Hall–Kier alpha value is -2.61. The van der Waals surface area contributed by atoms with E-state index in [4.69, 9.17) is 4.74 Å². The van der Waals surface area contributed by atoms with E-state index in [2.05, 4.69) is 0 Å². The molecule has 0 radical (unpaired) electrons. The molecule has 8 heteroatoms. The number of carbonyl (C=O) groups is 3. The molecular weight excluding hydrogens is 395 g/mol. The number of halogens is 1. The van der Waals surface area contributed by atoms with Gasteiger partial charge in [-0.3, -0.25) is 9.59 Å². The number of carbonyl (C=O) groups excluding carboxylic acids is 3. The minimum absolute atomic E-state index is 0.0445. The van der Waals surface area contributed by atoms with Gasteiger partial charge in [-0.1, -0.05) is 6.07 Å². The van der Waals surface area contributed by atoms with Crippen LogP contribution in [0.15, 0.2) is 30.3 Å². The van der Waals surface area contributed by atoms with Gasteiger partial charge in [0.2, 0.25) is 11.7 Å². The van der Waals surface area contributed by atoms with Crippen LogP contribution in [0.25, 0.3) is 5.69 Å². The molecule has 0 unspecified atom stereocenters. The van der Waals surface area contributed by atoms with Crippen LogP contribution in [0.3, 0.4) is 0 Å². The molecule has 2 aliphatic heterocycles. The minimum atomic E-state index is -0.976. The Labute approximate surface area is 172 Å². The molecule has 1 atom stereocenters. The van der Waals surface area contributed by atoms with Crippen molar-refractivity contribution in [2.24, 2.45) is 0 Å². The Morgan fingerprint density at radius 3 is 2.83 bits per heavy atom. The maximum Gasteiger partial charge on any atom is 0.343 e. The zero-order valence-corrected chi connectivity index (χ0v) is 17.1. The van der Waals surface area contributed by atoms with Crippen molar-refractivity contribution in [2.45, 2.75) is 31.6 Å². The molecule has 2 saturated heterocycles. The van der Waals surface area contributed by atoms with Crippen molar-refractivity contribution >= 4 is 29.4 Å².